The van der Waals surface area contributed by atoms with Crippen molar-refractivity contribution in [2.75, 3.05) is 27.2 Å². The van der Waals surface area contributed by atoms with Crippen LogP contribution < -0.4 is 0 Å². The largest absolute Gasteiger partial charge is 0.380 e. The highest BCUT2D eigenvalue weighted by molar-refractivity contribution is 4.88. The van der Waals surface area contributed by atoms with E-state index in [1.807, 2.05) is 0 Å². The standard InChI is InChI=1S/2C5H9N/c2*1-6-4-2-3-5-6/h2*2,4H,3,5H2,1H3. The van der Waals surface area contributed by atoms with E-state index in [9.17, 15) is 0 Å². The molecule has 2 heterocycles. The SMILES string of the molecule is CN1C=CCC1.CN1C=CCC1. The van der Waals surface area contributed by atoms with Crippen LogP contribution in [0.3, 0.4) is 0 Å². The predicted octanol–water partition coefficient (Wildman–Crippen LogP) is 1.67. The third-order valence-electron chi connectivity index (χ3n) is 2.02. The number of hydrogen-bond acceptors (Lipinski definition) is 2. The van der Waals surface area contributed by atoms with Gasteiger partial charge in [-0.25, -0.2) is 0 Å². The van der Waals surface area contributed by atoms with Crippen LogP contribution >= 0.6 is 0 Å². The van der Waals surface area contributed by atoms with Crippen LogP contribution in [0.5, 0.6) is 0 Å². The Morgan fingerprint density at radius 3 is 1.33 bits per heavy atom. The Bertz CT molecular complexity index is 153. The van der Waals surface area contributed by atoms with Crippen molar-refractivity contribution in [2.45, 2.75) is 12.8 Å². The summed E-state index contributed by atoms with van der Waals surface area (Å²) >= 11 is 0. The summed E-state index contributed by atoms with van der Waals surface area (Å²) in [7, 11) is 4.17. The van der Waals surface area contributed by atoms with E-state index >= 15 is 0 Å². The van der Waals surface area contributed by atoms with E-state index in [-0.39, 0.29) is 0 Å². The van der Waals surface area contributed by atoms with Gasteiger partial charge in [0.05, 0.1) is 0 Å². The molecule has 0 atom stereocenters. The molecule has 2 rings (SSSR count). The molecular weight excluding hydrogens is 148 g/mol. The van der Waals surface area contributed by atoms with E-state index in [2.05, 4.69) is 48.4 Å². The lowest BCUT2D eigenvalue weighted by Gasteiger charge is -2.02. The van der Waals surface area contributed by atoms with Crippen LogP contribution in [0.15, 0.2) is 24.6 Å². The van der Waals surface area contributed by atoms with Crippen molar-refractivity contribution in [3.05, 3.63) is 24.6 Å². The molecule has 2 aliphatic heterocycles. The molecule has 2 heteroatoms. The van der Waals surface area contributed by atoms with Gasteiger partial charge in [0.1, 0.15) is 0 Å². The maximum atomic E-state index is 2.18. The van der Waals surface area contributed by atoms with Gasteiger partial charge < -0.3 is 9.80 Å². The van der Waals surface area contributed by atoms with Crippen molar-refractivity contribution in [3.8, 4) is 0 Å². The van der Waals surface area contributed by atoms with Crippen molar-refractivity contribution in [3.63, 3.8) is 0 Å². The molecule has 0 aromatic heterocycles. The zero-order chi connectivity index (χ0) is 8.81. The quantitative estimate of drug-likeness (QED) is 0.540. The molecule has 68 valence electrons. The number of hydrogen-bond donors (Lipinski definition) is 0. The van der Waals surface area contributed by atoms with Gasteiger partial charge in [0.25, 0.3) is 0 Å². The third-order valence-corrected chi connectivity index (χ3v) is 2.02. The molecule has 0 amide bonds. The summed E-state index contributed by atoms with van der Waals surface area (Å²) < 4.78 is 0. The lowest BCUT2D eigenvalue weighted by atomic mass is 10.5. The van der Waals surface area contributed by atoms with E-state index in [4.69, 9.17) is 0 Å². The van der Waals surface area contributed by atoms with Gasteiger partial charge in [-0.3, -0.25) is 0 Å². The third kappa shape index (κ3) is 3.46. The lowest BCUT2D eigenvalue weighted by molar-refractivity contribution is 0.496. The first-order valence-corrected chi connectivity index (χ1v) is 4.53. The summed E-state index contributed by atoms with van der Waals surface area (Å²) in [5.74, 6) is 0. The molecule has 0 N–H and O–H groups in total. The topological polar surface area (TPSA) is 6.48 Å². The minimum Gasteiger partial charge on any atom is -0.380 e. The van der Waals surface area contributed by atoms with Crippen LogP contribution in [-0.4, -0.2) is 37.0 Å². The van der Waals surface area contributed by atoms with E-state index < -0.39 is 0 Å². The fourth-order valence-electron chi connectivity index (χ4n) is 1.21. The summed E-state index contributed by atoms with van der Waals surface area (Å²) in [6, 6.07) is 0. The average molecular weight is 166 g/mol. The molecular formula is C10H18N2. The maximum absolute atomic E-state index is 2.18. The van der Waals surface area contributed by atoms with Crippen LogP contribution in [0.25, 0.3) is 0 Å². The van der Waals surface area contributed by atoms with Gasteiger partial charge in [-0.2, -0.15) is 0 Å². The molecule has 2 aliphatic rings. The number of rotatable bonds is 0. The van der Waals surface area contributed by atoms with Crippen LogP contribution in [0.4, 0.5) is 0 Å². The van der Waals surface area contributed by atoms with E-state index in [1.54, 1.807) is 0 Å². The Morgan fingerprint density at radius 2 is 1.25 bits per heavy atom. The monoisotopic (exact) mass is 166 g/mol. The van der Waals surface area contributed by atoms with E-state index in [1.165, 1.54) is 25.9 Å². The molecule has 0 radical (unpaired) electrons. The maximum Gasteiger partial charge on any atom is 0.0204 e. The van der Waals surface area contributed by atoms with Crippen molar-refractivity contribution in [1.29, 1.82) is 0 Å². The van der Waals surface area contributed by atoms with Gasteiger partial charge in [0, 0.05) is 27.2 Å². The Hall–Kier alpha value is -0.920. The smallest absolute Gasteiger partial charge is 0.0204 e. The molecule has 0 unspecified atom stereocenters. The van der Waals surface area contributed by atoms with Crippen molar-refractivity contribution in [1.82, 2.24) is 9.80 Å². The van der Waals surface area contributed by atoms with Crippen LogP contribution in [-0.2, 0) is 0 Å². The highest BCUT2D eigenvalue weighted by Gasteiger charge is 1.93. The highest BCUT2D eigenvalue weighted by Crippen LogP contribution is 1.98. The normalized spacial score (nSPS) is 19.8. The summed E-state index contributed by atoms with van der Waals surface area (Å²) in [6.45, 7) is 2.42. The lowest BCUT2D eigenvalue weighted by Crippen LogP contribution is -2.04. The molecule has 0 saturated heterocycles. The summed E-state index contributed by atoms with van der Waals surface area (Å²) in [5.41, 5.74) is 0. The zero-order valence-corrected chi connectivity index (χ0v) is 8.03. The molecule has 0 bridgehead atoms. The van der Waals surface area contributed by atoms with Crippen LogP contribution in [0.2, 0.25) is 0 Å². The van der Waals surface area contributed by atoms with Gasteiger partial charge in [0.2, 0.25) is 0 Å². The van der Waals surface area contributed by atoms with Crippen LogP contribution in [0, 0.1) is 0 Å². The molecule has 0 spiro atoms. The van der Waals surface area contributed by atoms with Gasteiger partial charge in [-0.1, -0.05) is 12.2 Å². The summed E-state index contributed by atoms with van der Waals surface area (Å²) in [5, 5.41) is 0. The Kier molecular flexibility index (Phi) is 3.71. The molecule has 2 nitrogen and oxygen atoms in total. The molecule has 12 heavy (non-hydrogen) atoms. The fourth-order valence-corrected chi connectivity index (χ4v) is 1.21. The van der Waals surface area contributed by atoms with Gasteiger partial charge in [-0.05, 0) is 25.2 Å². The predicted molar refractivity (Wildman–Crippen MR) is 52.8 cm³/mol. The Morgan fingerprint density at radius 1 is 0.833 bits per heavy atom. The Labute approximate surface area is 75.2 Å². The highest BCUT2D eigenvalue weighted by atomic mass is 15.1. The average Bonchev–Trinajstić information content (AvgIpc) is 2.63. The summed E-state index contributed by atoms with van der Waals surface area (Å²) in [4.78, 5) is 4.36. The second kappa shape index (κ2) is 4.86. The second-order valence-corrected chi connectivity index (χ2v) is 3.31. The van der Waals surface area contributed by atoms with E-state index in [0.717, 1.165) is 0 Å². The molecule has 0 aliphatic carbocycles. The summed E-state index contributed by atoms with van der Waals surface area (Å²) in [6.07, 6.45) is 11.0. The van der Waals surface area contributed by atoms with Crippen molar-refractivity contribution < 1.29 is 0 Å². The first kappa shape index (κ1) is 9.17. The molecule has 0 fully saturated rings. The fraction of sp³-hybridized carbons (Fsp3) is 0.600. The minimum atomic E-state index is 1.21. The first-order valence-electron chi connectivity index (χ1n) is 4.53. The van der Waals surface area contributed by atoms with Crippen molar-refractivity contribution in [2.24, 2.45) is 0 Å². The second-order valence-electron chi connectivity index (χ2n) is 3.31. The molecule has 0 aromatic carbocycles. The van der Waals surface area contributed by atoms with E-state index in [0.29, 0.717) is 0 Å². The van der Waals surface area contributed by atoms with Gasteiger partial charge in [0.15, 0.2) is 0 Å². The van der Waals surface area contributed by atoms with Crippen molar-refractivity contribution >= 4 is 0 Å². The minimum absolute atomic E-state index is 1.21. The van der Waals surface area contributed by atoms with Gasteiger partial charge in [-0.15, -0.1) is 0 Å². The van der Waals surface area contributed by atoms with Gasteiger partial charge >= 0.3 is 0 Å². The Balaban J connectivity index is 0.000000120. The molecule has 0 aromatic rings. The number of nitrogens with zero attached hydrogens (tertiary/aromatic N) is 2. The first-order chi connectivity index (χ1) is 5.79. The molecule has 0 saturated carbocycles. The van der Waals surface area contributed by atoms with Crippen LogP contribution in [0.1, 0.15) is 12.8 Å². The zero-order valence-electron chi connectivity index (χ0n) is 8.03.